The van der Waals surface area contributed by atoms with Gasteiger partial charge >= 0.3 is 54.9 Å². The fraction of sp³-hybridized carbons (Fsp3) is 0.467. The molecule has 0 aromatic heterocycles. The Hall–Kier alpha value is 0.879. The minimum absolute atomic E-state index is 0. The van der Waals surface area contributed by atoms with E-state index in [2.05, 4.69) is 32.4 Å². The largest absolute Gasteiger partial charge is 2.00 e. The van der Waals surface area contributed by atoms with Crippen LogP contribution in [0.1, 0.15) is 31.1 Å². The molecule has 0 rings (SSSR count). The third-order valence-corrected chi connectivity index (χ3v) is 4.78. The normalized spacial score (nSPS) is 8.14. The van der Waals surface area contributed by atoms with Gasteiger partial charge in [-0.2, -0.15) is 6.58 Å². The van der Waals surface area contributed by atoms with Crippen LogP contribution in [0.25, 0.3) is 0 Å². The zero-order valence-electron chi connectivity index (χ0n) is 15.6. The number of halogens is 1. The van der Waals surface area contributed by atoms with Crippen molar-refractivity contribution in [2.24, 2.45) is 0 Å². The van der Waals surface area contributed by atoms with Crippen molar-refractivity contribution in [3.8, 4) is 0 Å². The quantitative estimate of drug-likeness (QED) is 0.337. The van der Waals surface area contributed by atoms with Crippen LogP contribution < -0.4 is 12.4 Å². The Morgan fingerprint density at radius 3 is 1.45 bits per heavy atom. The van der Waals surface area contributed by atoms with Gasteiger partial charge in [-0.15, -0.1) is 0 Å². The monoisotopic (exact) mass is 370 g/mol. The predicted octanol–water partition coefficient (Wildman–Crippen LogP) is 0.581. The Balaban J connectivity index is -0.0000000387. The summed E-state index contributed by atoms with van der Waals surface area (Å²) < 4.78 is 16.8. The molecule has 0 aromatic carbocycles. The van der Waals surface area contributed by atoms with Crippen LogP contribution >= 0.6 is 0 Å². The molecule has 3 nitrogen and oxygen atoms in total. The zero-order chi connectivity index (χ0) is 14.4. The van der Waals surface area contributed by atoms with E-state index in [-0.39, 0.29) is 68.8 Å². The van der Waals surface area contributed by atoms with Crippen LogP contribution in [0, 0.1) is 6.08 Å². The second-order valence-corrected chi connectivity index (χ2v) is 5.61. The molecule has 7 heteroatoms. The van der Waals surface area contributed by atoms with Crippen LogP contribution in [0.2, 0.25) is 0 Å². The standard InChI is InChI=1S/C10H20O3Si.C4H5.CH4.ClH.2Mg.2H/c1-6-10(5)14(11-7-2,12-8-3)13-9-4;1-3-4-2;;;;;;/h6H,1,5,7-9H2,2-4H3;3H,1-2H2;1H4;1H;;;;/q;-1;;;2*+2;2*-1/p-1. The van der Waals surface area contributed by atoms with Gasteiger partial charge in [0.25, 0.3) is 0 Å². The van der Waals surface area contributed by atoms with E-state index >= 15 is 0 Å². The molecule has 0 aliphatic rings. The van der Waals surface area contributed by atoms with Crippen LogP contribution in [0.5, 0.6) is 0 Å². The van der Waals surface area contributed by atoms with Crippen LogP contribution in [0.3, 0.4) is 0 Å². The summed E-state index contributed by atoms with van der Waals surface area (Å²) in [5.41, 5.74) is 0. The van der Waals surface area contributed by atoms with Gasteiger partial charge in [-0.3, -0.25) is 6.08 Å². The van der Waals surface area contributed by atoms with Gasteiger partial charge in [0.2, 0.25) is 0 Å². The summed E-state index contributed by atoms with van der Waals surface area (Å²) in [7, 11) is -2.71. The third kappa shape index (κ3) is 17.2. The van der Waals surface area contributed by atoms with Crippen molar-refractivity contribution >= 4 is 54.9 Å². The second kappa shape index (κ2) is 26.8. The predicted molar refractivity (Wildman–Crippen MR) is 99.5 cm³/mol. The maximum atomic E-state index is 5.59. The zero-order valence-corrected chi connectivity index (χ0v) is 18.2. The molecule has 0 fully saturated rings. The van der Waals surface area contributed by atoms with E-state index in [0.29, 0.717) is 19.8 Å². The molecule has 0 radical (unpaired) electrons. The van der Waals surface area contributed by atoms with Crippen molar-refractivity contribution < 1.29 is 28.5 Å². The Morgan fingerprint density at radius 1 is 1.05 bits per heavy atom. The fourth-order valence-electron chi connectivity index (χ4n) is 1.10. The number of hydrogen-bond donors (Lipinski definition) is 0. The first kappa shape index (κ1) is 38.4. The average molecular weight is 372 g/mol. The van der Waals surface area contributed by atoms with Crippen molar-refractivity contribution in [1.82, 2.24) is 0 Å². The molecule has 0 unspecified atom stereocenters. The molecule has 0 aliphatic heterocycles. The van der Waals surface area contributed by atoms with Gasteiger partial charge in [0.15, 0.2) is 0 Å². The van der Waals surface area contributed by atoms with E-state index < -0.39 is 8.80 Å². The molecule has 22 heavy (non-hydrogen) atoms. The van der Waals surface area contributed by atoms with E-state index in [1.807, 2.05) is 20.8 Å². The minimum atomic E-state index is -2.71. The van der Waals surface area contributed by atoms with Gasteiger partial charge in [-0.05, 0) is 20.8 Å². The number of hydrogen-bond acceptors (Lipinski definition) is 3. The summed E-state index contributed by atoms with van der Waals surface area (Å²) >= 11 is 0. The third-order valence-electron chi connectivity index (χ3n) is 1.79. The molecule has 0 heterocycles. The molecule has 0 aliphatic carbocycles. The summed E-state index contributed by atoms with van der Waals surface area (Å²) in [6.07, 6.45) is 5.60. The Morgan fingerprint density at radius 2 is 1.32 bits per heavy atom. The first-order valence-electron chi connectivity index (χ1n) is 5.95. The topological polar surface area (TPSA) is 27.7 Å². The molecule has 0 saturated carbocycles. The molecule has 0 N–H and O–H groups in total. The van der Waals surface area contributed by atoms with Crippen molar-refractivity contribution in [3.05, 3.63) is 49.7 Å². The van der Waals surface area contributed by atoms with E-state index in [1.54, 1.807) is 6.08 Å². The summed E-state index contributed by atoms with van der Waals surface area (Å²) in [6, 6.07) is 0. The van der Waals surface area contributed by atoms with Crippen LogP contribution in [-0.4, -0.2) is 74.7 Å². The van der Waals surface area contributed by atoms with E-state index in [4.69, 9.17) is 13.3 Å². The van der Waals surface area contributed by atoms with Crippen LogP contribution in [-0.2, 0) is 13.3 Å². The fourth-order valence-corrected chi connectivity index (χ4v) is 3.29. The summed E-state index contributed by atoms with van der Waals surface area (Å²) in [4.78, 5) is 0. The molecular formula is C15H31ClMg2O3Si. The molecule has 0 bridgehead atoms. The van der Waals surface area contributed by atoms with Gasteiger partial charge in [0, 0.05) is 25.0 Å². The van der Waals surface area contributed by atoms with E-state index in [0.717, 1.165) is 5.20 Å². The van der Waals surface area contributed by atoms with Crippen molar-refractivity contribution in [1.29, 1.82) is 0 Å². The van der Waals surface area contributed by atoms with Crippen molar-refractivity contribution in [2.45, 2.75) is 28.2 Å². The molecule has 0 saturated heterocycles. The Labute approximate surface area is 180 Å². The summed E-state index contributed by atoms with van der Waals surface area (Å²) in [5.74, 6) is 0. The molecule has 0 aromatic rings. The molecule has 124 valence electrons. The smallest absolute Gasteiger partial charge is 1.00 e. The first-order valence-corrected chi connectivity index (χ1v) is 7.68. The SMILES string of the molecule is C.C=CC(=C)[Si](OCC)(OCC)OCC.C=[C-]C=C.[Cl-].[H-].[H-].[Mg+2].[Mg+2]. The summed E-state index contributed by atoms with van der Waals surface area (Å²) in [5, 5.41) is 0.725. The van der Waals surface area contributed by atoms with Gasteiger partial charge in [0.05, 0.1) is 0 Å². The number of allylic oxidation sites excluding steroid dienone is 4. The van der Waals surface area contributed by atoms with E-state index in [9.17, 15) is 0 Å². The maximum absolute atomic E-state index is 5.59. The molecule has 0 amide bonds. The minimum Gasteiger partial charge on any atom is -1.00 e. The van der Waals surface area contributed by atoms with Crippen LogP contribution in [0.4, 0.5) is 0 Å². The van der Waals surface area contributed by atoms with E-state index in [1.165, 1.54) is 6.08 Å². The van der Waals surface area contributed by atoms with Gasteiger partial charge in [-0.1, -0.05) is 26.7 Å². The van der Waals surface area contributed by atoms with Gasteiger partial charge in [0.1, 0.15) is 0 Å². The molecule has 0 spiro atoms. The van der Waals surface area contributed by atoms with Crippen molar-refractivity contribution in [2.75, 3.05) is 19.8 Å². The van der Waals surface area contributed by atoms with Crippen molar-refractivity contribution in [3.63, 3.8) is 0 Å². The number of rotatable bonds is 9. The Kier molecular flexibility index (Phi) is 46.8. The molecule has 0 atom stereocenters. The maximum Gasteiger partial charge on any atom is 2.00 e. The second-order valence-electron chi connectivity index (χ2n) is 2.99. The van der Waals surface area contributed by atoms with Gasteiger partial charge < -0.3 is 28.5 Å². The van der Waals surface area contributed by atoms with Crippen LogP contribution in [0.15, 0.2) is 43.7 Å². The Bertz CT molecular complexity index is 264. The summed E-state index contributed by atoms with van der Waals surface area (Å²) in [6.45, 7) is 21.5. The first-order chi connectivity index (χ1) is 8.58. The van der Waals surface area contributed by atoms with Gasteiger partial charge in [-0.25, -0.2) is 12.7 Å². The molecular weight excluding hydrogens is 340 g/mol. The average Bonchev–Trinajstić information content (AvgIpc) is 2.38.